The highest BCUT2D eigenvalue weighted by molar-refractivity contribution is 6.46. The third-order valence-electron chi connectivity index (χ3n) is 3.59. The zero-order valence-electron chi connectivity index (χ0n) is 16.1. The molecule has 0 spiro atoms. The van der Waals surface area contributed by atoms with E-state index in [1.807, 2.05) is 32.0 Å². The number of hydrogen-bond acceptors (Lipinski definition) is 7. The maximum Gasteiger partial charge on any atom is 0.273 e. The highest BCUT2D eigenvalue weighted by Gasteiger charge is 2.19. The fourth-order valence-electron chi connectivity index (χ4n) is 2.27. The van der Waals surface area contributed by atoms with Crippen LogP contribution in [0.25, 0.3) is 0 Å². The summed E-state index contributed by atoms with van der Waals surface area (Å²) in [4.78, 5) is 27.3. The Labute approximate surface area is 153 Å². The molecule has 1 aromatic rings. The SMILES string of the molecule is CCC(O/N=C(\C)c1ccccc1/C(=N\OC)C(=O)NC)/C(C)=N/OC. The van der Waals surface area contributed by atoms with Crippen LogP contribution in [0.1, 0.15) is 38.3 Å². The lowest BCUT2D eigenvalue weighted by atomic mass is 9.99. The lowest BCUT2D eigenvalue weighted by Gasteiger charge is -2.14. The van der Waals surface area contributed by atoms with Crippen LogP contribution in [0.3, 0.4) is 0 Å². The molecule has 0 aromatic heterocycles. The highest BCUT2D eigenvalue weighted by Crippen LogP contribution is 2.14. The minimum atomic E-state index is -0.359. The van der Waals surface area contributed by atoms with Crippen molar-refractivity contribution < 1.29 is 19.3 Å². The summed E-state index contributed by atoms with van der Waals surface area (Å²) in [5.74, 6) is -0.359. The van der Waals surface area contributed by atoms with Crippen LogP contribution < -0.4 is 5.32 Å². The summed E-state index contributed by atoms with van der Waals surface area (Å²) in [7, 11) is 4.40. The number of carbonyl (C=O) groups is 1. The Morgan fingerprint density at radius 1 is 1.08 bits per heavy atom. The standard InChI is InChI=1S/C18H26N4O4/c1-7-16(13(3)20-24-5)26-21-12(2)14-10-8-9-11-15(14)17(22-25-6)18(23)19-4/h8-11,16H,7H2,1-6H3,(H,19,23)/b20-13+,21-12+,22-17+. The van der Waals surface area contributed by atoms with Crippen molar-refractivity contribution in [2.24, 2.45) is 15.5 Å². The van der Waals surface area contributed by atoms with Crippen LogP contribution in [-0.2, 0) is 19.3 Å². The smallest absolute Gasteiger partial charge is 0.273 e. The summed E-state index contributed by atoms with van der Waals surface area (Å²) < 4.78 is 0. The van der Waals surface area contributed by atoms with Gasteiger partial charge >= 0.3 is 0 Å². The fourth-order valence-corrected chi connectivity index (χ4v) is 2.27. The number of hydrogen-bond donors (Lipinski definition) is 1. The average molecular weight is 362 g/mol. The lowest BCUT2D eigenvalue weighted by Crippen LogP contribution is -2.29. The molecule has 0 heterocycles. The van der Waals surface area contributed by atoms with Gasteiger partial charge in [0.25, 0.3) is 5.91 Å². The summed E-state index contributed by atoms with van der Waals surface area (Å²) in [6.45, 7) is 5.57. The minimum Gasteiger partial charge on any atom is -0.399 e. The first-order valence-corrected chi connectivity index (χ1v) is 8.21. The van der Waals surface area contributed by atoms with Crippen LogP contribution in [0.4, 0.5) is 0 Å². The van der Waals surface area contributed by atoms with E-state index in [9.17, 15) is 4.79 Å². The van der Waals surface area contributed by atoms with Gasteiger partial charge in [0.15, 0.2) is 11.8 Å². The number of rotatable bonds is 9. The van der Waals surface area contributed by atoms with Crippen LogP contribution in [0, 0.1) is 0 Å². The third-order valence-corrected chi connectivity index (χ3v) is 3.59. The first-order chi connectivity index (χ1) is 12.5. The van der Waals surface area contributed by atoms with Crippen LogP contribution in [0.5, 0.6) is 0 Å². The van der Waals surface area contributed by atoms with Gasteiger partial charge in [-0.1, -0.05) is 46.7 Å². The second-order valence-corrected chi connectivity index (χ2v) is 5.34. The molecule has 26 heavy (non-hydrogen) atoms. The largest absolute Gasteiger partial charge is 0.399 e. The van der Waals surface area contributed by atoms with Crippen molar-refractivity contribution in [1.82, 2.24) is 5.32 Å². The molecule has 0 radical (unpaired) electrons. The van der Waals surface area contributed by atoms with E-state index in [2.05, 4.69) is 20.8 Å². The van der Waals surface area contributed by atoms with E-state index in [0.29, 0.717) is 29.0 Å². The Morgan fingerprint density at radius 3 is 2.23 bits per heavy atom. The van der Waals surface area contributed by atoms with Crippen molar-refractivity contribution >= 4 is 23.0 Å². The lowest BCUT2D eigenvalue weighted by molar-refractivity contribution is -0.114. The van der Waals surface area contributed by atoms with E-state index in [1.54, 1.807) is 13.0 Å². The number of amides is 1. The first kappa shape index (κ1) is 21.1. The minimum absolute atomic E-state index is 0.157. The van der Waals surface area contributed by atoms with Gasteiger partial charge in [0.2, 0.25) is 0 Å². The van der Waals surface area contributed by atoms with Crippen molar-refractivity contribution in [2.75, 3.05) is 21.3 Å². The van der Waals surface area contributed by atoms with Crippen LogP contribution >= 0.6 is 0 Å². The molecule has 0 fully saturated rings. The second-order valence-electron chi connectivity index (χ2n) is 5.34. The normalized spacial score (nSPS) is 13.8. The van der Waals surface area contributed by atoms with Gasteiger partial charge in [-0.2, -0.15) is 0 Å². The molecule has 0 aliphatic heterocycles. The number of carbonyl (C=O) groups excluding carboxylic acids is 1. The van der Waals surface area contributed by atoms with Gasteiger partial charge in [0.05, 0.1) is 11.4 Å². The highest BCUT2D eigenvalue weighted by atomic mass is 16.6. The van der Waals surface area contributed by atoms with Gasteiger partial charge in [0, 0.05) is 18.2 Å². The zero-order valence-corrected chi connectivity index (χ0v) is 16.1. The van der Waals surface area contributed by atoms with Crippen molar-refractivity contribution in [3.63, 3.8) is 0 Å². The molecular weight excluding hydrogens is 336 g/mol. The van der Waals surface area contributed by atoms with Gasteiger partial charge in [-0.3, -0.25) is 4.79 Å². The van der Waals surface area contributed by atoms with E-state index in [4.69, 9.17) is 14.5 Å². The Hall–Kier alpha value is -2.90. The third kappa shape index (κ3) is 5.58. The molecule has 0 aliphatic carbocycles. The Bertz CT molecular complexity index is 698. The summed E-state index contributed by atoms with van der Waals surface area (Å²) in [6.07, 6.45) is 0.384. The van der Waals surface area contributed by atoms with E-state index >= 15 is 0 Å². The quantitative estimate of drug-likeness (QED) is 0.539. The molecule has 0 bridgehead atoms. The molecule has 1 rings (SSSR count). The van der Waals surface area contributed by atoms with E-state index in [-0.39, 0.29) is 17.7 Å². The number of nitrogens with zero attached hydrogens (tertiary/aromatic N) is 3. The van der Waals surface area contributed by atoms with Gasteiger partial charge in [-0.15, -0.1) is 0 Å². The number of likely N-dealkylation sites (N-methyl/N-ethyl adjacent to an activating group) is 1. The van der Waals surface area contributed by atoms with Crippen LogP contribution in [0.15, 0.2) is 39.7 Å². The van der Waals surface area contributed by atoms with Gasteiger partial charge in [-0.25, -0.2) is 0 Å². The van der Waals surface area contributed by atoms with Crippen LogP contribution in [-0.4, -0.2) is 50.4 Å². The molecule has 1 atom stereocenters. The number of benzene rings is 1. The van der Waals surface area contributed by atoms with Gasteiger partial charge < -0.3 is 19.8 Å². The molecule has 1 N–H and O–H groups in total. The Morgan fingerprint density at radius 2 is 1.69 bits per heavy atom. The molecule has 1 aromatic carbocycles. The van der Waals surface area contributed by atoms with Crippen molar-refractivity contribution in [3.8, 4) is 0 Å². The van der Waals surface area contributed by atoms with E-state index in [0.717, 1.165) is 0 Å². The summed E-state index contributed by atoms with van der Waals surface area (Å²) in [5.41, 5.74) is 2.74. The van der Waals surface area contributed by atoms with Crippen molar-refractivity contribution in [3.05, 3.63) is 35.4 Å². The summed E-state index contributed by atoms with van der Waals surface area (Å²) in [6, 6.07) is 7.27. The second kappa shape index (κ2) is 10.9. The predicted octanol–water partition coefficient (Wildman–Crippen LogP) is 2.32. The molecule has 1 amide bonds. The Kier molecular flexibility index (Phi) is 8.83. The number of nitrogens with one attached hydrogen (secondary N) is 1. The zero-order chi connectivity index (χ0) is 19.5. The van der Waals surface area contributed by atoms with Crippen LogP contribution in [0.2, 0.25) is 0 Å². The van der Waals surface area contributed by atoms with Crippen molar-refractivity contribution in [2.45, 2.75) is 33.3 Å². The molecule has 0 saturated heterocycles. The topological polar surface area (TPSA) is 93.9 Å². The maximum atomic E-state index is 12.1. The Balaban J connectivity index is 3.21. The van der Waals surface area contributed by atoms with E-state index < -0.39 is 0 Å². The molecule has 142 valence electrons. The average Bonchev–Trinajstić information content (AvgIpc) is 2.66. The molecule has 8 nitrogen and oxygen atoms in total. The van der Waals surface area contributed by atoms with Crippen molar-refractivity contribution in [1.29, 1.82) is 0 Å². The fraction of sp³-hybridized carbons (Fsp3) is 0.444. The van der Waals surface area contributed by atoms with E-state index in [1.165, 1.54) is 21.3 Å². The molecule has 0 aliphatic rings. The van der Waals surface area contributed by atoms with Gasteiger partial charge in [-0.05, 0) is 20.3 Å². The molecular formula is C18H26N4O4. The predicted molar refractivity (Wildman–Crippen MR) is 102 cm³/mol. The molecule has 1 unspecified atom stereocenters. The summed E-state index contributed by atoms with van der Waals surface area (Å²) >= 11 is 0. The monoisotopic (exact) mass is 362 g/mol. The summed E-state index contributed by atoms with van der Waals surface area (Å²) in [5, 5.41) is 14.5. The first-order valence-electron chi connectivity index (χ1n) is 8.21. The molecule has 8 heteroatoms. The number of oxime groups is 3. The maximum absolute atomic E-state index is 12.1. The van der Waals surface area contributed by atoms with Gasteiger partial charge in [0.1, 0.15) is 14.2 Å². The molecule has 0 saturated carbocycles.